The maximum Gasteiger partial charge on any atom is 0.416 e. The Morgan fingerprint density at radius 2 is 1.75 bits per heavy atom. The highest BCUT2D eigenvalue weighted by molar-refractivity contribution is 5.30. The van der Waals surface area contributed by atoms with Crippen LogP contribution in [0.15, 0.2) is 48.5 Å². The first-order valence-corrected chi connectivity index (χ1v) is 7.61. The summed E-state index contributed by atoms with van der Waals surface area (Å²) in [6.07, 6.45) is -3.34. The van der Waals surface area contributed by atoms with E-state index >= 15 is 0 Å². The lowest BCUT2D eigenvalue weighted by molar-refractivity contribution is -0.137. The highest BCUT2D eigenvalue weighted by Gasteiger charge is 2.30. The standard InChI is InChI=1S/C18H18F3NO.ClH/c19-18(20,21)16-6-3-7-17(12-16)23-11-10-22-9-8-14-4-1-2-5-15(14)13-22;/h1-7,12H,8-11,13H2;1H/p-1. The smallest absolute Gasteiger partial charge is 0.416 e. The molecule has 1 heterocycles. The third kappa shape index (κ3) is 4.65. The Labute approximate surface area is 145 Å². The minimum Gasteiger partial charge on any atom is -1.00 e. The number of rotatable bonds is 4. The van der Waals surface area contributed by atoms with Crippen molar-refractivity contribution in [2.75, 3.05) is 19.7 Å². The molecule has 1 aliphatic rings. The molecular formula is C18H18ClF3NO-. The predicted molar refractivity (Wildman–Crippen MR) is 82.4 cm³/mol. The molecule has 0 fully saturated rings. The van der Waals surface area contributed by atoms with Crippen molar-refractivity contribution in [2.24, 2.45) is 0 Å². The second-order valence-electron chi connectivity index (χ2n) is 5.67. The van der Waals surface area contributed by atoms with Crippen LogP contribution in [0.25, 0.3) is 0 Å². The summed E-state index contributed by atoms with van der Waals surface area (Å²) in [6, 6.07) is 13.4. The molecule has 24 heavy (non-hydrogen) atoms. The minimum atomic E-state index is -4.34. The molecule has 0 saturated heterocycles. The molecule has 6 heteroatoms. The Morgan fingerprint density at radius 1 is 1.00 bits per heavy atom. The van der Waals surface area contributed by atoms with Gasteiger partial charge in [-0.3, -0.25) is 4.90 Å². The van der Waals surface area contributed by atoms with Gasteiger partial charge in [0.1, 0.15) is 12.4 Å². The van der Waals surface area contributed by atoms with Crippen LogP contribution in [0, 0.1) is 0 Å². The van der Waals surface area contributed by atoms with Crippen molar-refractivity contribution in [3.8, 4) is 5.75 Å². The van der Waals surface area contributed by atoms with E-state index in [1.54, 1.807) is 6.07 Å². The summed E-state index contributed by atoms with van der Waals surface area (Å²) in [6.45, 7) is 2.89. The molecule has 0 radical (unpaired) electrons. The SMILES string of the molecule is FC(F)(F)c1cccc(OCCN2CCc3ccccc3C2)c1.[Cl-]. The Hall–Kier alpha value is -1.72. The van der Waals surface area contributed by atoms with E-state index in [2.05, 4.69) is 17.0 Å². The fourth-order valence-electron chi connectivity index (χ4n) is 2.80. The first-order chi connectivity index (χ1) is 11.0. The van der Waals surface area contributed by atoms with Gasteiger partial charge < -0.3 is 17.1 Å². The number of alkyl halides is 3. The third-order valence-corrected chi connectivity index (χ3v) is 4.05. The minimum absolute atomic E-state index is 0. The second-order valence-corrected chi connectivity index (χ2v) is 5.67. The van der Waals surface area contributed by atoms with E-state index in [-0.39, 0.29) is 18.2 Å². The van der Waals surface area contributed by atoms with Crippen LogP contribution in [0.5, 0.6) is 5.75 Å². The summed E-state index contributed by atoms with van der Waals surface area (Å²) in [5, 5.41) is 0. The molecule has 0 atom stereocenters. The third-order valence-electron chi connectivity index (χ3n) is 4.05. The molecule has 2 nitrogen and oxygen atoms in total. The van der Waals surface area contributed by atoms with Crippen LogP contribution in [-0.4, -0.2) is 24.6 Å². The molecule has 0 bridgehead atoms. The average Bonchev–Trinajstić information content (AvgIpc) is 2.54. The van der Waals surface area contributed by atoms with Gasteiger partial charge in [-0.1, -0.05) is 30.3 Å². The van der Waals surface area contributed by atoms with E-state index < -0.39 is 11.7 Å². The molecule has 2 aromatic carbocycles. The average molecular weight is 357 g/mol. The Balaban J connectivity index is 0.00000208. The molecule has 130 valence electrons. The molecule has 1 aliphatic heterocycles. The van der Waals surface area contributed by atoms with Gasteiger partial charge in [0.05, 0.1) is 5.56 Å². The number of halogens is 4. The number of ether oxygens (including phenoxy) is 1. The lowest BCUT2D eigenvalue weighted by Gasteiger charge is -2.28. The maximum absolute atomic E-state index is 12.7. The van der Waals surface area contributed by atoms with Gasteiger partial charge in [0.2, 0.25) is 0 Å². The van der Waals surface area contributed by atoms with Gasteiger partial charge in [-0.2, -0.15) is 13.2 Å². The largest absolute Gasteiger partial charge is 1.00 e. The Kier molecular flexibility index (Phi) is 6.13. The van der Waals surface area contributed by atoms with E-state index in [0.717, 1.165) is 31.6 Å². The van der Waals surface area contributed by atoms with Crippen molar-refractivity contribution >= 4 is 0 Å². The van der Waals surface area contributed by atoms with Gasteiger partial charge in [0.15, 0.2) is 0 Å². The van der Waals surface area contributed by atoms with Crippen LogP contribution in [0.3, 0.4) is 0 Å². The van der Waals surface area contributed by atoms with Crippen molar-refractivity contribution in [1.82, 2.24) is 4.90 Å². The Bertz CT molecular complexity index is 675. The Morgan fingerprint density at radius 3 is 2.50 bits per heavy atom. The summed E-state index contributed by atoms with van der Waals surface area (Å²) in [7, 11) is 0. The first-order valence-electron chi connectivity index (χ1n) is 7.61. The molecule has 0 amide bonds. The summed E-state index contributed by atoms with van der Waals surface area (Å²) >= 11 is 0. The van der Waals surface area contributed by atoms with E-state index in [0.29, 0.717) is 13.2 Å². The number of fused-ring (bicyclic) bond motifs is 1. The molecule has 0 saturated carbocycles. The van der Waals surface area contributed by atoms with Crippen LogP contribution in [0.4, 0.5) is 13.2 Å². The quantitative estimate of drug-likeness (QED) is 0.815. The maximum atomic E-state index is 12.7. The zero-order valence-corrected chi connectivity index (χ0v) is 13.8. The van der Waals surface area contributed by atoms with Crippen molar-refractivity contribution < 1.29 is 30.3 Å². The normalized spacial score (nSPS) is 14.6. The van der Waals surface area contributed by atoms with Crippen LogP contribution < -0.4 is 17.1 Å². The molecular weight excluding hydrogens is 339 g/mol. The summed E-state index contributed by atoms with van der Waals surface area (Å²) in [4.78, 5) is 2.26. The molecule has 0 aliphatic carbocycles. The zero-order valence-electron chi connectivity index (χ0n) is 13.0. The lowest BCUT2D eigenvalue weighted by atomic mass is 10.0. The fourth-order valence-corrected chi connectivity index (χ4v) is 2.80. The van der Waals surface area contributed by atoms with Crippen LogP contribution >= 0.6 is 0 Å². The van der Waals surface area contributed by atoms with Crippen molar-refractivity contribution in [2.45, 2.75) is 19.1 Å². The van der Waals surface area contributed by atoms with E-state index in [1.807, 2.05) is 12.1 Å². The summed E-state index contributed by atoms with van der Waals surface area (Å²) < 4.78 is 43.5. The number of nitrogens with zero attached hydrogens (tertiary/aromatic N) is 1. The fraction of sp³-hybridized carbons (Fsp3) is 0.333. The van der Waals surface area contributed by atoms with Gasteiger partial charge in [-0.25, -0.2) is 0 Å². The van der Waals surface area contributed by atoms with Crippen LogP contribution in [0.2, 0.25) is 0 Å². The van der Waals surface area contributed by atoms with E-state index in [1.165, 1.54) is 17.2 Å². The summed E-state index contributed by atoms with van der Waals surface area (Å²) in [5.41, 5.74) is 2.02. The molecule has 3 rings (SSSR count). The highest BCUT2D eigenvalue weighted by atomic mass is 35.5. The molecule has 0 unspecified atom stereocenters. The van der Waals surface area contributed by atoms with Gasteiger partial charge in [0.25, 0.3) is 0 Å². The van der Waals surface area contributed by atoms with Crippen molar-refractivity contribution in [3.05, 3.63) is 65.2 Å². The molecule has 0 spiro atoms. The monoisotopic (exact) mass is 356 g/mol. The van der Waals surface area contributed by atoms with Gasteiger partial charge in [-0.05, 0) is 35.7 Å². The van der Waals surface area contributed by atoms with Crippen LogP contribution in [0.1, 0.15) is 16.7 Å². The number of benzene rings is 2. The van der Waals surface area contributed by atoms with Gasteiger partial charge >= 0.3 is 6.18 Å². The predicted octanol–water partition coefficient (Wildman–Crippen LogP) is 1.15. The van der Waals surface area contributed by atoms with E-state index in [4.69, 9.17) is 4.74 Å². The van der Waals surface area contributed by atoms with E-state index in [9.17, 15) is 13.2 Å². The molecule has 2 aromatic rings. The summed E-state index contributed by atoms with van der Waals surface area (Å²) in [5.74, 6) is 0.261. The van der Waals surface area contributed by atoms with Crippen molar-refractivity contribution in [3.63, 3.8) is 0 Å². The van der Waals surface area contributed by atoms with Gasteiger partial charge in [0, 0.05) is 19.6 Å². The van der Waals surface area contributed by atoms with Crippen molar-refractivity contribution in [1.29, 1.82) is 0 Å². The highest BCUT2D eigenvalue weighted by Crippen LogP contribution is 2.31. The first kappa shape index (κ1) is 18.6. The lowest BCUT2D eigenvalue weighted by Crippen LogP contribution is -3.00. The topological polar surface area (TPSA) is 12.5 Å². The van der Waals surface area contributed by atoms with Gasteiger partial charge in [-0.15, -0.1) is 0 Å². The number of hydrogen-bond acceptors (Lipinski definition) is 2. The zero-order chi connectivity index (χ0) is 16.3. The number of hydrogen-bond donors (Lipinski definition) is 0. The van der Waals surface area contributed by atoms with Crippen LogP contribution in [-0.2, 0) is 19.1 Å². The molecule has 0 aromatic heterocycles. The second kappa shape index (κ2) is 7.90. The molecule has 0 N–H and O–H groups in total.